The van der Waals surface area contributed by atoms with Gasteiger partial charge in [-0.2, -0.15) is 0 Å². The van der Waals surface area contributed by atoms with Crippen molar-refractivity contribution < 1.29 is 9.80 Å². The van der Waals surface area contributed by atoms with E-state index in [4.69, 9.17) is 12.8 Å². The van der Waals surface area contributed by atoms with Crippen molar-refractivity contribution in [3.05, 3.63) is 35.9 Å². The van der Waals surface area contributed by atoms with Crippen LogP contribution in [0.5, 0.6) is 0 Å². The summed E-state index contributed by atoms with van der Waals surface area (Å²) in [6.07, 6.45) is 11.2. The average Bonchev–Trinajstić information content (AvgIpc) is 2.41. The van der Waals surface area contributed by atoms with Gasteiger partial charge in [0, 0.05) is 5.56 Å². The first-order valence-electron chi connectivity index (χ1n) is 6.37. The quantitative estimate of drug-likeness (QED) is 0.589. The molecule has 2 rings (SSSR count). The van der Waals surface area contributed by atoms with Crippen molar-refractivity contribution in [3.8, 4) is 24.7 Å². The number of likely N-dealkylation sites (N-methyl/N-ethyl adjacent to an activating group) is 1. The molecule has 2 unspecified atom stereocenters. The van der Waals surface area contributed by atoms with Crippen LogP contribution < -0.4 is 9.80 Å². The van der Waals surface area contributed by atoms with Crippen LogP contribution in [0.15, 0.2) is 30.3 Å². The minimum Gasteiger partial charge on any atom is -0.320 e. The lowest BCUT2D eigenvalue weighted by molar-refractivity contribution is -1.03. The highest BCUT2D eigenvalue weighted by Gasteiger charge is 2.36. The fourth-order valence-corrected chi connectivity index (χ4v) is 2.64. The third-order valence-electron chi connectivity index (χ3n) is 3.78. The Hall–Kier alpha value is -1.74. The summed E-state index contributed by atoms with van der Waals surface area (Å²) in [6.45, 7) is 3.00. The second kappa shape index (κ2) is 5.74. The van der Waals surface area contributed by atoms with Gasteiger partial charge in [0.1, 0.15) is 19.6 Å². The first kappa shape index (κ1) is 12.7. The van der Waals surface area contributed by atoms with E-state index in [2.05, 4.69) is 43.2 Å². The van der Waals surface area contributed by atoms with Gasteiger partial charge in [-0.25, -0.2) is 0 Å². The Morgan fingerprint density at radius 2 is 1.67 bits per heavy atom. The van der Waals surface area contributed by atoms with Gasteiger partial charge in [0.15, 0.2) is 12.1 Å². The molecule has 1 aromatic rings. The molecule has 0 spiro atoms. The summed E-state index contributed by atoms with van der Waals surface area (Å²) in [5.74, 6) is 5.76. The van der Waals surface area contributed by atoms with Crippen molar-refractivity contribution in [1.29, 1.82) is 0 Å². The summed E-state index contributed by atoms with van der Waals surface area (Å²) < 4.78 is 0. The predicted octanol–water partition coefficient (Wildman–Crippen LogP) is -1.40. The van der Waals surface area contributed by atoms with Gasteiger partial charge >= 0.3 is 0 Å². The minimum absolute atomic E-state index is 0.221. The highest BCUT2D eigenvalue weighted by molar-refractivity contribution is 5.13. The molecular weight excluding hydrogens is 220 g/mol. The Labute approximate surface area is 110 Å². The largest absolute Gasteiger partial charge is 0.320 e. The van der Waals surface area contributed by atoms with E-state index >= 15 is 0 Å². The van der Waals surface area contributed by atoms with Gasteiger partial charge in [-0.15, -0.1) is 12.8 Å². The number of benzene rings is 1. The molecule has 2 N–H and O–H groups in total. The molecule has 0 aliphatic carbocycles. The number of hydrogen-bond donors (Lipinski definition) is 2. The molecule has 1 aromatic carbocycles. The van der Waals surface area contributed by atoms with Crippen LogP contribution in [-0.4, -0.2) is 32.2 Å². The van der Waals surface area contributed by atoms with E-state index in [1.807, 2.05) is 6.07 Å². The molecule has 1 heterocycles. The molecule has 0 amide bonds. The Kier molecular flexibility index (Phi) is 4.05. The van der Waals surface area contributed by atoms with Crippen LogP contribution in [0.3, 0.4) is 0 Å². The van der Waals surface area contributed by atoms with E-state index in [1.165, 1.54) is 15.4 Å². The molecule has 1 aliphatic heterocycles. The second-order valence-corrected chi connectivity index (χ2v) is 5.00. The van der Waals surface area contributed by atoms with Crippen LogP contribution >= 0.6 is 0 Å². The smallest absolute Gasteiger partial charge is 0.199 e. The molecule has 1 aliphatic rings. The van der Waals surface area contributed by atoms with Crippen LogP contribution in [-0.2, 0) is 6.54 Å². The van der Waals surface area contributed by atoms with E-state index in [-0.39, 0.29) is 12.1 Å². The topological polar surface area (TPSA) is 8.88 Å². The van der Waals surface area contributed by atoms with Crippen LogP contribution in [0.2, 0.25) is 0 Å². The van der Waals surface area contributed by atoms with Gasteiger partial charge in [-0.1, -0.05) is 30.3 Å². The molecule has 0 bridgehead atoms. The van der Waals surface area contributed by atoms with Crippen LogP contribution in [0.25, 0.3) is 0 Å². The van der Waals surface area contributed by atoms with E-state index in [1.54, 1.807) is 0 Å². The predicted molar refractivity (Wildman–Crippen MR) is 73.0 cm³/mol. The van der Waals surface area contributed by atoms with Crippen molar-refractivity contribution in [1.82, 2.24) is 0 Å². The molecule has 2 heteroatoms. The van der Waals surface area contributed by atoms with Crippen LogP contribution in [0, 0.1) is 24.7 Å². The summed E-state index contributed by atoms with van der Waals surface area (Å²) in [6, 6.07) is 11.0. The Bertz CT molecular complexity index is 442. The maximum absolute atomic E-state index is 5.61. The zero-order valence-electron chi connectivity index (χ0n) is 10.8. The van der Waals surface area contributed by atoms with Crippen LogP contribution in [0.4, 0.5) is 0 Å². The maximum Gasteiger partial charge on any atom is 0.199 e. The average molecular weight is 240 g/mol. The number of piperazine rings is 1. The first-order valence-corrected chi connectivity index (χ1v) is 6.37. The molecule has 0 aromatic heterocycles. The van der Waals surface area contributed by atoms with Crippen molar-refractivity contribution >= 4 is 0 Å². The summed E-state index contributed by atoms with van der Waals surface area (Å²) in [5, 5.41) is 0. The van der Waals surface area contributed by atoms with Gasteiger partial charge in [-0.3, -0.25) is 0 Å². The summed E-state index contributed by atoms with van der Waals surface area (Å²) in [5.41, 5.74) is 1.35. The zero-order valence-corrected chi connectivity index (χ0v) is 10.8. The standard InChI is InChI=1S/C16H18N2/c1-4-15-12-18(13-16(5-2)17(15)3)11-14-9-7-6-8-10-14/h1-2,6-10,15-16H,11-13H2,3H3/p+2/t15-,16+. The van der Waals surface area contributed by atoms with Gasteiger partial charge in [0.25, 0.3) is 0 Å². The Balaban J connectivity index is 2.07. The van der Waals surface area contributed by atoms with Crippen molar-refractivity contribution in [2.24, 2.45) is 0 Å². The molecule has 18 heavy (non-hydrogen) atoms. The number of nitrogens with one attached hydrogen (secondary N) is 2. The molecule has 92 valence electrons. The summed E-state index contributed by atoms with van der Waals surface area (Å²) >= 11 is 0. The maximum atomic E-state index is 5.61. The number of hydrogen-bond acceptors (Lipinski definition) is 0. The Morgan fingerprint density at radius 1 is 1.11 bits per heavy atom. The van der Waals surface area contributed by atoms with Gasteiger partial charge in [0.2, 0.25) is 0 Å². The number of quaternary nitrogens is 2. The number of terminal acetylenes is 2. The molecule has 0 radical (unpaired) electrons. The Morgan fingerprint density at radius 3 is 2.17 bits per heavy atom. The molecule has 1 fully saturated rings. The van der Waals surface area contributed by atoms with Gasteiger partial charge < -0.3 is 9.80 Å². The fourth-order valence-electron chi connectivity index (χ4n) is 2.64. The molecular formula is C16H20N2+2. The van der Waals surface area contributed by atoms with Crippen molar-refractivity contribution in [2.75, 3.05) is 20.1 Å². The van der Waals surface area contributed by atoms with Gasteiger partial charge in [-0.05, 0) is 11.8 Å². The lowest BCUT2D eigenvalue weighted by atomic mass is 10.1. The second-order valence-electron chi connectivity index (χ2n) is 5.00. The molecule has 4 atom stereocenters. The lowest BCUT2D eigenvalue weighted by Crippen LogP contribution is -3.31. The summed E-state index contributed by atoms with van der Waals surface area (Å²) in [7, 11) is 2.11. The highest BCUT2D eigenvalue weighted by Crippen LogP contribution is 1.96. The SMILES string of the molecule is C#C[C@@H]1C[NH+](Cc2ccccc2)C[C@H](C#C)[NH+]1C. The third-order valence-corrected chi connectivity index (χ3v) is 3.78. The molecule has 2 nitrogen and oxygen atoms in total. The monoisotopic (exact) mass is 240 g/mol. The fraction of sp³-hybridized carbons (Fsp3) is 0.375. The van der Waals surface area contributed by atoms with E-state index in [9.17, 15) is 0 Å². The lowest BCUT2D eigenvalue weighted by Gasteiger charge is -2.35. The van der Waals surface area contributed by atoms with E-state index < -0.39 is 0 Å². The molecule has 0 saturated carbocycles. The highest BCUT2D eigenvalue weighted by atomic mass is 15.3. The first-order chi connectivity index (χ1) is 8.74. The van der Waals surface area contributed by atoms with Gasteiger partial charge in [0.05, 0.1) is 7.05 Å². The third kappa shape index (κ3) is 2.74. The van der Waals surface area contributed by atoms with Crippen molar-refractivity contribution in [2.45, 2.75) is 18.6 Å². The summed E-state index contributed by atoms with van der Waals surface area (Å²) in [4.78, 5) is 2.77. The van der Waals surface area contributed by atoms with E-state index in [0.717, 1.165) is 19.6 Å². The van der Waals surface area contributed by atoms with Crippen LogP contribution in [0.1, 0.15) is 5.56 Å². The number of rotatable bonds is 2. The van der Waals surface area contributed by atoms with E-state index in [0.29, 0.717) is 0 Å². The zero-order chi connectivity index (χ0) is 13.0. The normalized spacial score (nSPS) is 31.3. The molecule has 1 saturated heterocycles. The van der Waals surface area contributed by atoms with Crippen molar-refractivity contribution in [3.63, 3.8) is 0 Å². The minimum atomic E-state index is 0.221.